The summed E-state index contributed by atoms with van der Waals surface area (Å²) in [4.78, 5) is 25.8. The lowest BCUT2D eigenvalue weighted by atomic mass is 10.1. The van der Waals surface area contributed by atoms with Crippen LogP contribution in [0.25, 0.3) is 0 Å². The molecule has 24 heavy (non-hydrogen) atoms. The monoisotopic (exact) mass is 339 g/mol. The van der Waals surface area contributed by atoms with Gasteiger partial charge in [0.1, 0.15) is 0 Å². The Kier molecular flexibility index (Phi) is 4.31. The topological polar surface area (TPSA) is 61.4 Å². The van der Waals surface area contributed by atoms with Gasteiger partial charge in [-0.05, 0) is 30.7 Å². The van der Waals surface area contributed by atoms with E-state index in [4.69, 9.17) is 0 Å². The lowest BCUT2D eigenvalue weighted by Crippen LogP contribution is -2.38. The number of rotatable bonds is 3. The van der Waals surface area contributed by atoms with Crippen molar-refractivity contribution in [1.82, 2.24) is 15.5 Å². The number of carbonyl (C=O) groups is 2. The van der Waals surface area contributed by atoms with Gasteiger partial charge in [0, 0.05) is 30.4 Å². The molecule has 1 unspecified atom stereocenters. The van der Waals surface area contributed by atoms with Crippen LogP contribution in [0, 0.1) is 0 Å². The molecule has 3 rings (SSSR count). The van der Waals surface area contributed by atoms with Gasteiger partial charge in [0.2, 0.25) is 5.91 Å². The molecule has 128 valence electrons. The zero-order chi connectivity index (χ0) is 17.3. The van der Waals surface area contributed by atoms with Crippen molar-refractivity contribution >= 4 is 11.8 Å². The normalized spacial score (nSPS) is 19.9. The van der Waals surface area contributed by atoms with E-state index < -0.39 is 17.6 Å². The summed E-state index contributed by atoms with van der Waals surface area (Å²) in [6, 6.07) is 4.29. The molecule has 0 aliphatic carbocycles. The Morgan fingerprint density at radius 1 is 1.33 bits per heavy atom. The highest BCUT2D eigenvalue weighted by Crippen LogP contribution is 2.29. The Balaban J connectivity index is 1.61. The molecule has 5 nitrogen and oxygen atoms in total. The van der Waals surface area contributed by atoms with Crippen LogP contribution in [-0.2, 0) is 11.0 Å². The fourth-order valence-electron chi connectivity index (χ4n) is 2.95. The van der Waals surface area contributed by atoms with E-state index in [0.29, 0.717) is 13.1 Å². The van der Waals surface area contributed by atoms with Crippen molar-refractivity contribution < 1.29 is 22.8 Å². The summed E-state index contributed by atoms with van der Waals surface area (Å²) in [6.07, 6.45) is -1.76. The number of nitrogens with one attached hydrogen (secondary N) is 2. The average molecular weight is 339 g/mol. The predicted octanol–water partition coefficient (Wildman–Crippen LogP) is 1.52. The van der Waals surface area contributed by atoms with Gasteiger partial charge in [-0.1, -0.05) is 6.07 Å². The van der Waals surface area contributed by atoms with Gasteiger partial charge >= 0.3 is 6.18 Å². The largest absolute Gasteiger partial charge is 0.416 e. The van der Waals surface area contributed by atoms with Gasteiger partial charge in [0.15, 0.2) is 0 Å². The van der Waals surface area contributed by atoms with Gasteiger partial charge in [-0.25, -0.2) is 0 Å². The number of hydrogen-bond donors (Lipinski definition) is 2. The number of hydrogen-bond acceptors (Lipinski definition) is 3. The maximum atomic E-state index is 12.7. The molecule has 1 saturated heterocycles. The van der Waals surface area contributed by atoms with Crippen molar-refractivity contribution in [3.63, 3.8) is 0 Å². The number of nitrogens with zero attached hydrogens (tertiary/aromatic N) is 1. The first-order valence-electron chi connectivity index (χ1n) is 7.55. The lowest BCUT2D eigenvalue weighted by Gasteiger charge is -2.18. The fourth-order valence-corrected chi connectivity index (χ4v) is 2.95. The third-order valence-electron chi connectivity index (χ3n) is 4.14. The van der Waals surface area contributed by atoms with Crippen molar-refractivity contribution in [1.29, 1.82) is 0 Å². The number of benzene rings is 1. The number of alkyl halides is 3. The van der Waals surface area contributed by atoms with E-state index in [2.05, 4.69) is 10.6 Å². The van der Waals surface area contributed by atoms with E-state index in [1.807, 2.05) is 6.08 Å². The van der Waals surface area contributed by atoms with E-state index >= 15 is 0 Å². The van der Waals surface area contributed by atoms with E-state index in [9.17, 15) is 22.8 Å². The maximum absolute atomic E-state index is 12.7. The van der Waals surface area contributed by atoms with Gasteiger partial charge in [0.25, 0.3) is 5.91 Å². The summed E-state index contributed by atoms with van der Waals surface area (Å²) in [5.74, 6) is -0.975. The number of likely N-dealkylation sites (tertiary alicyclic amines) is 1. The SMILES string of the molecule is O=C(NCC(=O)N1CCC2NCC=C21)c1cccc(C(F)(F)F)c1. The van der Waals surface area contributed by atoms with Crippen LogP contribution in [0.4, 0.5) is 13.2 Å². The minimum atomic E-state index is -4.52. The van der Waals surface area contributed by atoms with Crippen LogP contribution in [0.1, 0.15) is 22.3 Å². The van der Waals surface area contributed by atoms with Crippen molar-refractivity contribution in [2.24, 2.45) is 0 Å². The van der Waals surface area contributed by atoms with E-state index in [-0.39, 0.29) is 24.1 Å². The predicted molar refractivity (Wildman–Crippen MR) is 80.0 cm³/mol. The van der Waals surface area contributed by atoms with Crippen molar-refractivity contribution in [2.75, 3.05) is 19.6 Å². The van der Waals surface area contributed by atoms with Crippen LogP contribution in [0.2, 0.25) is 0 Å². The summed E-state index contributed by atoms with van der Waals surface area (Å²) in [5.41, 5.74) is -0.113. The number of halogens is 3. The fraction of sp³-hybridized carbons (Fsp3) is 0.375. The minimum absolute atomic E-state index is 0.126. The van der Waals surface area contributed by atoms with Gasteiger partial charge < -0.3 is 15.5 Å². The molecular formula is C16H16F3N3O2. The Morgan fingerprint density at radius 3 is 2.88 bits per heavy atom. The van der Waals surface area contributed by atoms with Gasteiger partial charge in [0.05, 0.1) is 12.1 Å². The molecule has 0 bridgehead atoms. The van der Waals surface area contributed by atoms with Crippen LogP contribution in [-0.4, -0.2) is 42.4 Å². The minimum Gasteiger partial charge on any atom is -0.343 e. The van der Waals surface area contributed by atoms with Crippen LogP contribution < -0.4 is 10.6 Å². The highest BCUT2D eigenvalue weighted by atomic mass is 19.4. The molecule has 8 heteroatoms. The first-order chi connectivity index (χ1) is 11.4. The standard InChI is InChI=1S/C16H16F3N3O2/c17-16(18,19)11-3-1-2-10(8-11)15(24)21-9-14(23)22-7-5-12-13(22)4-6-20-12/h1-4,8,12,20H,5-7,9H2,(H,21,24). The molecular weight excluding hydrogens is 323 g/mol. The van der Waals surface area contributed by atoms with E-state index in [1.54, 1.807) is 4.90 Å². The second-order valence-electron chi connectivity index (χ2n) is 5.69. The summed E-state index contributed by atoms with van der Waals surface area (Å²) in [7, 11) is 0. The molecule has 1 atom stereocenters. The average Bonchev–Trinajstić information content (AvgIpc) is 3.14. The molecule has 0 aromatic heterocycles. The molecule has 1 aromatic carbocycles. The molecule has 1 aromatic rings. The van der Waals surface area contributed by atoms with Crippen LogP contribution in [0.15, 0.2) is 36.0 Å². The molecule has 2 amide bonds. The molecule has 2 N–H and O–H groups in total. The Hall–Kier alpha value is -2.35. The third-order valence-corrected chi connectivity index (χ3v) is 4.14. The first kappa shape index (κ1) is 16.5. The molecule has 2 aliphatic rings. The Bertz CT molecular complexity index is 700. The van der Waals surface area contributed by atoms with Gasteiger partial charge in [-0.2, -0.15) is 13.2 Å². The second-order valence-corrected chi connectivity index (χ2v) is 5.69. The lowest BCUT2D eigenvalue weighted by molar-refractivity contribution is -0.137. The molecule has 2 aliphatic heterocycles. The third kappa shape index (κ3) is 3.28. The Morgan fingerprint density at radius 2 is 2.12 bits per heavy atom. The van der Waals surface area contributed by atoms with Crippen LogP contribution in [0.3, 0.4) is 0 Å². The number of amides is 2. The smallest absolute Gasteiger partial charge is 0.343 e. The number of carbonyl (C=O) groups excluding carboxylic acids is 2. The highest BCUT2D eigenvalue weighted by Gasteiger charge is 2.34. The zero-order valence-corrected chi connectivity index (χ0v) is 12.7. The summed E-state index contributed by atoms with van der Waals surface area (Å²) in [5, 5.41) is 5.62. The second kappa shape index (κ2) is 6.27. The Labute approximate surface area is 136 Å². The van der Waals surface area contributed by atoms with Crippen LogP contribution >= 0.6 is 0 Å². The summed E-state index contributed by atoms with van der Waals surface area (Å²) >= 11 is 0. The van der Waals surface area contributed by atoms with Crippen molar-refractivity contribution in [3.8, 4) is 0 Å². The van der Waals surface area contributed by atoms with E-state index in [0.717, 1.165) is 24.3 Å². The summed E-state index contributed by atoms with van der Waals surface area (Å²) in [6.45, 7) is 1.03. The van der Waals surface area contributed by atoms with Crippen molar-refractivity contribution in [2.45, 2.75) is 18.6 Å². The summed E-state index contributed by atoms with van der Waals surface area (Å²) < 4.78 is 38.0. The molecule has 0 spiro atoms. The van der Waals surface area contributed by atoms with Gasteiger partial charge in [-0.3, -0.25) is 9.59 Å². The molecule has 0 saturated carbocycles. The molecule has 0 radical (unpaired) electrons. The quantitative estimate of drug-likeness (QED) is 0.878. The number of fused-ring (bicyclic) bond motifs is 1. The van der Waals surface area contributed by atoms with E-state index in [1.165, 1.54) is 12.1 Å². The molecule has 1 fully saturated rings. The first-order valence-corrected chi connectivity index (χ1v) is 7.55. The van der Waals surface area contributed by atoms with Crippen molar-refractivity contribution in [3.05, 3.63) is 47.2 Å². The highest BCUT2D eigenvalue weighted by molar-refractivity contribution is 5.96. The maximum Gasteiger partial charge on any atom is 0.416 e. The zero-order valence-electron chi connectivity index (χ0n) is 12.7. The van der Waals surface area contributed by atoms with Gasteiger partial charge in [-0.15, -0.1) is 0 Å². The van der Waals surface area contributed by atoms with Crippen LogP contribution in [0.5, 0.6) is 0 Å². The molecule has 2 heterocycles.